The van der Waals surface area contributed by atoms with E-state index < -0.39 is 0 Å². The van der Waals surface area contributed by atoms with Crippen molar-refractivity contribution in [2.24, 2.45) is 5.41 Å². The highest BCUT2D eigenvalue weighted by Crippen LogP contribution is 2.44. The summed E-state index contributed by atoms with van der Waals surface area (Å²) in [6, 6.07) is 4.86. The Morgan fingerprint density at radius 3 is 2.65 bits per heavy atom. The van der Waals surface area contributed by atoms with Crippen molar-refractivity contribution in [1.29, 1.82) is 0 Å². The van der Waals surface area contributed by atoms with E-state index in [1.54, 1.807) is 12.1 Å². The predicted octanol–water partition coefficient (Wildman–Crippen LogP) is 3.13. The van der Waals surface area contributed by atoms with Gasteiger partial charge in [0.1, 0.15) is 0 Å². The number of aliphatic hydroxyl groups excluding tert-OH is 1. The molecule has 0 spiro atoms. The van der Waals surface area contributed by atoms with Crippen LogP contribution in [0, 0.1) is 5.41 Å². The Bertz CT molecular complexity index is 504. The second-order valence-corrected chi connectivity index (χ2v) is 6.19. The van der Waals surface area contributed by atoms with Crippen LogP contribution in [0.3, 0.4) is 0 Å². The second kappa shape index (κ2) is 6.20. The molecule has 0 saturated heterocycles. The van der Waals surface area contributed by atoms with Crippen LogP contribution in [0.25, 0.3) is 0 Å². The molecule has 1 aromatic carbocycles. The van der Waals surface area contributed by atoms with E-state index >= 15 is 0 Å². The van der Waals surface area contributed by atoms with Crippen molar-refractivity contribution in [2.45, 2.75) is 25.8 Å². The Morgan fingerprint density at radius 2 is 2.10 bits per heavy atom. The van der Waals surface area contributed by atoms with Crippen LogP contribution in [-0.2, 0) is 0 Å². The zero-order chi connectivity index (χ0) is 14.8. The molecule has 1 aromatic rings. The van der Waals surface area contributed by atoms with Gasteiger partial charge in [-0.3, -0.25) is 0 Å². The maximum atomic E-state index is 11.8. The maximum absolute atomic E-state index is 11.8. The summed E-state index contributed by atoms with van der Waals surface area (Å²) in [6.07, 6.45) is 1.93. The molecule has 1 unspecified atom stereocenters. The Balaban J connectivity index is 1.85. The van der Waals surface area contributed by atoms with Gasteiger partial charge in [0.05, 0.1) is 22.7 Å². The number of urea groups is 1. The van der Waals surface area contributed by atoms with E-state index in [0.717, 1.165) is 18.4 Å². The average molecular weight is 317 g/mol. The van der Waals surface area contributed by atoms with Crippen LogP contribution in [0.1, 0.15) is 31.4 Å². The van der Waals surface area contributed by atoms with E-state index in [-0.39, 0.29) is 24.1 Å². The third-order valence-electron chi connectivity index (χ3n) is 3.71. The van der Waals surface area contributed by atoms with Gasteiger partial charge in [-0.1, -0.05) is 29.3 Å². The Hall–Kier alpha value is -0.970. The molecule has 4 nitrogen and oxygen atoms in total. The van der Waals surface area contributed by atoms with Gasteiger partial charge < -0.3 is 15.7 Å². The van der Waals surface area contributed by atoms with Crippen molar-refractivity contribution in [3.8, 4) is 0 Å². The first-order chi connectivity index (χ1) is 9.46. The summed E-state index contributed by atoms with van der Waals surface area (Å²) in [4.78, 5) is 11.8. The van der Waals surface area contributed by atoms with Gasteiger partial charge in [0.25, 0.3) is 0 Å². The van der Waals surface area contributed by atoms with Gasteiger partial charge in [-0.25, -0.2) is 4.79 Å². The van der Waals surface area contributed by atoms with Crippen LogP contribution in [0.4, 0.5) is 4.79 Å². The minimum Gasteiger partial charge on any atom is -0.396 e. The highest BCUT2D eigenvalue weighted by molar-refractivity contribution is 6.42. The Labute approximate surface area is 128 Å². The quantitative estimate of drug-likeness (QED) is 0.781. The van der Waals surface area contributed by atoms with Crippen molar-refractivity contribution in [2.75, 3.05) is 13.2 Å². The lowest BCUT2D eigenvalue weighted by Crippen LogP contribution is -2.40. The summed E-state index contributed by atoms with van der Waals surface area (Å²) in [6.45, 7) is 2.50. The van der Waals surface area contributed by atoms with E-state index in [1.807, 2.05) is 13.0 Å². The van der Waals surface area contributed by atoms with Crippen molar-refractivity contribution >= 4 is 29.2 Å². The largest absolute Gasteiger partial charge is 0.396 e. The molecule has 1 aliphatic rings. The third-order valence-corrected chi connectivity index (χ3v) is 4.45. The number of carbonyl (C=O) groups is 1. The van der Waals surface area contributed by atoms with Crippen LogP contribution >= 0.6 is 23.2 Å². The number of hydrogen-bond acceptors (Lipinski definition) is 2. The van der Waals surface area contributed by atoms with Crippen molar-refractivity contribution < 1.29 is 9.90 Å². The molecule has 0 aliphatic heterocycles. The SMILES string of the molecule is CC(NC(=O)NCC1(CO)CC1)c1ccc(Cl)c(Cl)c1. The predicted molar refractivity (Wildman–Crippen MR) is 80.2 cm³/mol. The number of hydrogen-bond donors (Lipinski definition) is 3. The molecule has 0 bridgehead atoms. The van der Waals surface area contributed by atoms with E-state index in [0.29, 0.717) is 16.6 Å². The molecule has 1 aliphatic carbocycles. The van der Waals surface area contributed by atoms with E-state index in [2.05, 4.69) is 10.6 Å². The van der Waals surface area contributed by atoms with Gasteiger partial charge >= 0.3 is 6.03 Å². The first kappa shape index (κ1) is 15.4. The van der Waals surface area contributed by atoms with Gasteiger partial charge in [0.15, 0.2) is 0 Å². The molecule has 3 N–H and O–H groups in total. The molecular weight excluding hydrogens is 299 g/mol. The highest BCUT2D eigenvalue weighted by atomic mass is 35.5. The van der Waals surface area contributed by atoms with Crippen LogP contribution < -0.4 is 10.6 Å². The fourth-order valence-corrected chi connectivity index (χ4v) is 2.25. The van der Waals surface area contributed by atoms with E-state index in [9.17, 15) is 9.90 Å². The van der Waals surface area contributed by atoms with Crippen molar-refractivity contribution in [3.05, 3.63) is 33.8 Å². The summed E-state index contributed by atoms with van der Waals surface area (Å²) in [5.41, 5.74) is 0.794. The molecule has 110 valence electrons. The third kappa shape index (κ3) is 3.78. The van der Waals surface area contributed by atoms with E-state index in [4.69, 9.17) is 23.2 Å². The first-order valence-corrected chi connectivity index (χ1v) is 7.31. The summed E-state index contributed by atoms with van der Waals surface area (Å²) in [5, 5.41) is 15.8. The van der Waals surface area contributed by atoms with Crippen LogP contribution in [0.5, 0.6) is 0 Å². The van der Waals surface area contributed by atoms with Crippen molar-refractivity contribution in [3.63, 3.8) is 0 Å². The number of benzene rings is 1. The minimum atomic E-state index is -0.247. The smallest absolute Gasteiger partial charge is 0.315 e. The number of carbonyl (C=O) groups excluding carboxylic acids is 1. The molecule has 1 atom stereocenters. The zero-order valence-electron chi connectivity index (χ0n) is 11.2. The Morgan fingerprint density at radius 1 is 1.40 bits per heavy atom. The molecule has 0 aromatic heterocycles. The zero-order valence-corrected chi connectivity index (χ0v) is 12.8. The standard InChI is InChI=1S/C14H18Cl2N2O2/c1-9(10-2-3-11(15)12(16)6-10)18-13(20)17-7-14(8-19)4-5-14/h2-3,6,9,19H,4-5,7-8H2,1H3,(H2,17,18,20). The molecule has 1 saturated carbocycles. The number of rotatable bonds is 5. The fourth-order valence-electron chi connectivity index (χ4n) is 1.95. The number of aliphatic hydroxyl groups is 1. The number of amides is 2. The van der Waals surface area contributed by atoms with Crippen molar-refractivity contribution in [1.82, 2.24) is 10.6 Å². The molecule has 20 heavy (non-hydrogen) atoms. The summed E-state index contributed by atoms with van der Waals surface area (Å²) >= 11 is 11.8. The lowest BCUT2D eigenvalue weighted by Gasteiger charge is -2.18. The first-order valence-electron chi connectivity index (χ1n) is 6.56. The molecule has 2 rings (SSSR count). The van der Waals surface area contributed by atoms with Gasteiger partial charge in [-0.15, -0.1) is 0 Å². The van der Waals surface area contributed by atoms with Gasteiger partial charge in [-0.05, 0) is 37.5 Å². The topological polar surface area (TPSA) is 61.4 Å². The van der Waals surface area contributed by atoms with Gasteiger partial charge in [-0.2, -0.15) is 0 Å². The lowest BCUT2D eigenvalue weighted by molar-refractivity contribution is 0.202. The van der Waals surface area contributed by atoms with Crippen LogP contribution in [-0.4, -0.2) is 24.3 Å². The van der Waals surface area contributed by atoms with Gasteiger partial charge in [0.2, 0.25) is 0 Å². The van der Waals surface area contributed by atoms with Gasteiger partial charge in [0, 0.05) is 12.0 Å². The normalized spacial score (nSPS) is 17.4. The maximum Gasteiger partial charge on any atom is 0.315 e. The molecule has 0 radical (unpaired) electrons. The molecule has 2 amide bonds. The van der Waals surface area contributed by atoms with Crippen LogP contribution in [0.15, 0.2) is 18.2 Å². The molecule has 0 heterocycles. The number of halogens is 2. The summed E-state index contributed by atoms with van der Waals surface area (Å²) < 4.78 is 0. The monoisotopic (exact) mass is 316 g/mol. The molecule has 1 fully saturated rings. The fraction of sp³-hybridized carbons (Fsp3) is 0.500. The average Bonchev–Trinajstić information content (AvgIpc) is 3.20. The van der Waals surface area contributed by atoms with Crippen LogP contribution in [0.2, 0.25) is 10.0 Å². The minimum absolute atomic E-state index is 0.0931. The Kier molecular flexibility index (Phi) is 4.78. The van der Waals surface area contributed by atoms with E-state index in [1.165, 1.54) is 0 Å². The number of nitrogens with one attached hydrogen (secondary N) is 2. The summed E-state index contributed by atoms with van der Waals surface area (Å²) in [7, 11) is 0. The summed E-state index contributed by atoms with van der Waals surface area (Å²) in [5.74, 6) is 0. The second-order valence-electron chi connectivity index (χ2n) is 5.38. The highest BCUT2D eigenvalue weighted by Gasteiger charge is 2.42. The lowest BCUT2D eigenvalue weighted by atomic mass is 10.1. The molecule has 6 heteroatoms. The molecular formula is C14H18Cl2N2O2.